The van der Waals surface area contributed by atoms with Crippen molar-refractivity contribution in [3.8, 4) is 12.3 Å². The monoisotopic (exact) mass is 504 g/mol. The fourth-order valence-corrected chi connectivity index (χ4v) is 5.36. The maximum atomic E-state index is 14.8. The number of carbonyl (C=O) groups is 3. The Balaban J connectivity index is 1.44. The molecule has 2 aliphatic heterocycles. The van der Waals surface area contributed by atoms with Gasteiger partial charge in [0, 0.05) is 29.6 Å². The molecule has 0 unspecified atom stereocenters. The largest absolute Gasteiger partial charge is 0.350 e. The van der Waals surface area contributed by atoms with Crippen molar-refractivity contribution < 1.29 is 23.2 Å². The van der Waals surface area contributed by atoms with Crippen LogP contribution in [0.5, 0.6) is 0 Å². The van der Waals surface area contributed by atoms with Crippen molar-refractivity contribution in [3.63, 3.8) is 0 Å². The van der Waals surface area contributed by atoms with Gasteiger partial charge in [-0.2, -0.15) is 0 Å². The van der Waals surface area contributed by atoms with Gasteiger partial charge in [-0.05, 0) is 56.2 Å². The van der Waals surface area contributed by atoms with Crippen LogP contribution in [0.15, 0.2) is 48.5 Å². The second-order valence-corrected chi connectivity index (χ2v) is 10.3. The molecule has 37 heavy (non-hydrogen) atoms. The number of hydrogen-bond donors (Lipinski definition) is 3. The Labute approximate surface area is 212 Å². The number of anilines is 1. The summed E-state index contributed by atoms with van der Waals surface area (Å²) in [7, 11) is 0. The van der Waals surface area contributed by atoms with Gasteiger partial charge in [-0.1, -0.05) is 24.1 Å². The third kappa shape index (κ3) is 4.33. The number of hydrogen-bond acceptors (Lipinski definition) is 3. The first-order chi connectivity index (χ1) is 17.5. The maximum Gasteiger partial charge on any atom is 0.268 e. The molecule has 1 aromatic heterocycles. The van der Waals surface area contributed by atoms with Crippen LogP contribution in [-0.4, -0.2) is 51.9 Å². The van der Waals surface area contributed by atoms with Gasteiger partial charge in [0.15, 0.2) is 0 Å². The van der Waals surface area contributed by atoms with Gasteiger partial charge in [0.2, 0.25) is 11.8 Å². The summed E-state index contributed by atoms with van der Waals surface area (Å²) < 4.78 is 28.4. The molecular formula is C28H26F2N4O3. The molecule has 2 aliphatic rings. The summed E-state index contributed by atoms with van der Waals surface area (Å²) in [4.78, 5) is 44.2. The number of H-pyrrole nitrogens is 1. The average Bonchev–Trinajstić information content (AvgIpc) is 3.51. The van der Waals surface area contributed by atoms with E-state index in [1.54, 1.807) is 6.07 Å². The lowest BCUT2D eigenvalue weighted by atomic mass is 9.79. The van der Waals surface area contributed by atoms with Crippen molar-refractivity contribution >= 4 is 34.3 Å². The van der Waals surface area contributed by atoms with Gasteiger partial charge in [-0.25, -0.2) is 8.78 Å². The summed E-state index contributed by atoms with van der Waals surface area (Å²) in [6, 6.07) is 10.9. The highest BCUT2D eigenvalue weighted by Crippen LogP contribution is 2.46. The third-order valence-corrected chi connectivity index (χ3v) is 7.08. The van der Waals surface area contributed by atoms with Crippen molar-refractivity contribution in [2.45, 2.75) is 49.9 Å². The van der Waals surface area contributed by atoms with Gasteiger partial charge < -0.3 is 20.5 Å². The molecule has 3 N–H and O–H groups in total. The van der Waals surface area contributed by atoms with Gasteiger partial charge in [-0.15, -0.1) is 6.42 Å². The summed E-state index contributed by atoms with van der Waals surface area (Å²) in [6.07, 6.45) is 5.68. The minimum absolute atomic E-state index is 0.00823. The van der Waals surface area contributed by atoms with E-state index in [0.29, 0.717) is 16.6 Å². The number of carbonyl (C=O) groups excluding carboxylic acids is 3. The minimum Gasteiger partial charge on any atom is -0.350 e. The van der Waals surface area contributed by atoms with E-state index in [1.807, 2.05) is 18.2 Å². The molecule has 0 aliphatic carbocycles. The summed E-state index contributed by atoms with van der Waals surface area (Å²) in [5.74, 6) is 0.672. The van der Waals surface area contributed by atoms with Gasteiger partial charge in [0.1, 0.15) is 23.2 Å². The number of likely N-dealkylation sites (tertiary alicyclic amines) is 1. The summed E-state index contributed by atoms with van der Waals surface area (Å²) in [5.41, 5.74) is -0.874. The number of halogens is 2. The van der Waals surface area contributed by atoms with E-state index in [4.69, 9.17) is 6.42 Å². The molecule has 1 spiro atoms. The Bertz CT molecular complexity index is 1470. The topological polar surface area (TPSA) is 94.3 Å². The van der Waals surface area contributed by atoms with Crippen LogP contribution < -0.4 is 10.6 Å². The van der Waals surface area contributed by atoms with E-state index in [0.717, 1.165) is 5.56 Å². The predicted molar refractivity (Wildman–Crippen MR) is 135 cm³/mol. The molecule has 3 aromatic rings. The Morgan fingerprint density at radius 1 is 1.27 bits per heavy atom. The smallest absolute Gasteiger partial charge is 0.268 e. The van der Waals surface area contributed by atoms with E-state index in [1.165, 1.54) is 43.0 Å². The van der Waals surface area contributed by atoms with Gasteiger partial charge in [0.05, 0.1) is 11.5 Å². The fourth-order valence-electron chi connectivity index (χ4n) is 5.36. The van der Waals surface area contributed by atoms with Crippen LogP contribution in [0.3, 0.4) is 0 Å². The Morgan fingerprint density at radius 2 is 2.03 bits per heavy atom. The lowest BCUT2D eigenvalue weighted by Gasteiger charge is -2.30. The first kappa shape index (κ1) is 24.5. The number of fused-ring (bicyclic) bond motifs is 3. The molecule has 9 heteroatoms. The molecular weight excluding hydrogens is 478 g/mol. The van der Waals surface area contributed by atoms with Crippen LogP contribution in [0.25, 0.3) is 10.9 Å². The molecule has 1 saturated heterocycles. The van der Waals surface area contributed by atoms with Crippen molar-refractivity contribution in [2.75, 3.05) is 11.9 Å². The van der Waals surface area contributed by atoms with Crippen molar-refractivity contribution in [1.82, 2.24) is 15.2 Å². The number of aromatic nitrogens is 1. The Morgan fingerprint density at radius 3 is 2.76 bits per heavy atom. The van der Waals surface area contributed by atoms with E-state index in [-0.39, 0.29) is 31.0 Å². The number of terminal acetylenes is 1. The normalized spacial score (nSPS) is 21.5. The lowest BCUT2D eigenvalue weighted by molar-refractivity contribution is -0.134. The molecule has 0 bridgehead atoms. The first-order valence-electron chi connectivity index (χ1n) is 12.0. The molecule has 3 heterocycles. The summed E-state index contributed by atoms with van der Waals surface area (Å²) in [5, 5.41) is 6.11. The van der Waals surface area contributed by atoms with Gasteiger partial charge in [-0.3, -0.25) is 14.4 Å². The molecule has 3 amide bonds. The second kappa shape index (κ2) is 8.73. The zero-order valence-corrected chi connectivity index (χ0v) is 20.4. The molecule has 190 valence electrons. The first-order valence-corrected chi connectivity index (χ1v) is 12.0. The number of nitrogens with one attached hydrogen (secondary N) is 3. The van der Waals surface area contributed by atoms with Crippen LogP contribution in [-0.2, 0) is 15.0 Å². The van der Waals surface area contributed by atoms with Crippen molar-refractivity contribution in [3.05, 3.63) is 65.6 Å². The van der Waals surface area contributed by atoms with Crippen LogP contribution in [0.4, 0.5) is 14.5 Å². The van der Waals surface area contributed by atoms with E-state index >= 15 is 0 Å². The molecule has 3 atom stereocenters. The molecule has 7 nitrogen and oxygen atoms in total. The van der Waals surface area contributed by atoms with E-state index in [9.17, 15) is 23.2 Å². The van der Waals surface area contributed by atoms with Crippen molar-refractivity contribution in [2.24, 2.45) is 0 Å². The molecule has 2 aromatic carbocycles. The van der Waals surface area contributed by atoms with E-state index < -0.39 is 40.8 Å². The number of benzene rings is 2. The zero-order valence-electron chi connectivity index (χ0n) is 20.4. The standard InChI is InChI=1S/C28H26F2N4O3/c1-4-18-13-28(19-7-5-6-8-20(19)33-26(28)37)15-34(18)25(36)23(14-27(2,3)30)32-24(35)22-11-16-9-10-17(29)12-21(16)31-22/h1,5-12,18,23,31H,13-15H2,2-3H3,(H,32,35)(H,33,37)/t18-,23+,28+/m1/s1. The molecule has 5 rings (SSSR count). The van der Waals surface area contributed by atoms with Crippen LogP contribution in [0.2, 0.25) is 0 Å². The van der Waals surface area contributed by atoms with Crippen LogP contribution in [0.1, 0.15) is 42.7 Å². The Hall–Kier alpha value is -4.19. The fraction of sp³-hybridized carbons (Fsp3) is 0.321. The molecule has 0 radical (unpaired) electrons. The van der Waals surface area contributed by atoms with Gasteiger partial charge >= 0.3 is 0 Å². The quantitative estimate of drug-likeness (QED) is 0.463. The predicted octanol–water partition coefficient (Wildman–Crippen LogP) is 3.67. The van der Waals surface area contributed by atoms with E-state index in [2.05, 4.69) is 21.5 Å². The SMILES string of the molecule is C#C[C@@H]1C[C@@]2(CN1C(=O)[C@H](CC(C)(C)F)NC(=O)c1cc3ccc(F)cc3[nH]1)C(=O)Nc1ccccc12. The minimum atomic E-state index is -1.79. The molecule has 0 saturated carbocycles. The zero-order chi connectivity index (χ0) is 26.5. The number of amides is 3. The highest BCUT2D eigenvalue weighted by atomic mass is 19.1. The highest BCUT2D eigenvalue weighted by Gasteiger charge is 2.56. The number of alkyl halides is 1. The van der Waals surface area contributed by atoms with Gasteiger partial charge in [0.25, 0.3) is 5.91 Å². The molecule has 1 fully saturated rings. The van der Waals surface area contributed by atoms with Crippen molar-refractivity contribution in [1.29, 1.82) is 0 Å². The highest BCUT2D eigenvalue weighted by molar-refractivity contribution is 6.07. The third-order valence-electron chi connectivity index (χ3n) is 7.08. The summed E-state index contributed by atoms with van der Waals surface area (Å²) in [6.45, 7) is 2.64. The van der Waals surface area contributed by atoms with Crippen LogP contribution >= 0.6 is 0 Å². The maximum absolute atomic E-state index is 14.8. The number of rotatable bonds is 5. The Kier molecular flexibility index (Phi) is 5.78. The summed E-state index contributed by atoms with van der Waals surface area (Å²) >= 11 is 0. The number of para-hydroxylation sites is 1. The second-order valence-electron chi connectivity index (χ2n) is 10.3. The average molecular weight is 505 g/mol. The number of nitrogens with zero attached hydrogens (tertiary/aromatic N) is 1. The van der Waals surface area contributed by atoms with Crippen LogP contribution in [0, 0.1) is 18.2 Å². The lowest BCUT2D eigenvalue weighted by Crippen LogP contribution is -2.52. The number of aromatic amines is 1.